The van der Waals surface area contributed by atoms with Gasteiger partial charge in [0.05, 0.1) is 6.04 Å². The first-order valence-electron chi connectivity index (χ1n) is 8.83. The molecule has 25 heavy (non-hydrogen) atoms. The number of piperazine rings is 1. The Bertz CT molecular complexity index is 728. The number of nitrogens with one attached hydrogen (secondary N) is 1. The van der Waals surface area contributed by atoms with Gasteiger partial charge in [-0.1, -0.05) is 37.6 Å². The van der Waals surface area contributed by atoms with Crippen LogP contribution in [0.4, 0.5) is 0 Å². The summed E-state index contributed by atoms with van der Waals surface area (Å²) in [6.45, 7) is 7.20. The zero-order valence-corrected chi connectivity index (χ0v) is 15.5. The maximum absolute atomic E-state index is 12.9. The Kier molecular flexibility index (Phi) is 5.76. The molecule has 3 rings (SSSR count). The predicted octanol–water partition coefficient (Wildman–Crippen LogP) is 3.22. The van der Waals surface area contributed by atoms with Crippen LogP contribution in [0.1, 0.15) is 43.6 Å². The summed E-state index contributed by atoms with van der Waals surface area (Å²) in [5, 5.41) is 4.08. The second-order valence-corrected chi connectivity index (χ2v) is 7.18. The molecular formula is C19H25ClN4O. The van der Waals surface area contributed by atoms with Crippen LogP contribution in [0.15, 0.2) is 36.7 Å². The molecule has 0 bridgehead atoms. The fourth-order valence-electron chi connectivity index (χ4n) is 3.38. The number of amides is 1. The van der Waals surface area contributed by atoms with Gasteiger partial charge in [0.1, 0.15) is 5.82 Å². The van der Waals surface area contributed by atoms with Crippen molar-refractivity contribution in [2.45, 2.75) is 38.8 Å². The lowest BCUT2D eigenvalue weighted by atomic mass is 10.0. The van der Waals surface area contributed by atoms with Crippen LogP contribution in [0.5, 0.6) is 0 Å². The monoisotopic (exact) mass is 360 g/mol. The average Bonchev–Trinajstić information content (AvgIpc) is 3.08. The van der Waals surface area contributed by atoms with Crippen LogP contribution in [0.25, 0.3) is 0 Å². The standard InChI is InChI=1S/C19H25ClN4O/c1-14(2)19-22-8-10-23(19)9-6-18(25)24-11-7-21-13-17(24)15-4-3-5-16(20)12-15/h3-5,8,10,12,14,17,21H,6-7,9,11,13H2,1-2H3. The fraction of sp³-hybridized carbons (Fsp3) is 0.474. The van der Waals surface area contributed by atoms with Gasteiger partial charge in [-0.05, 0) is 17.7 Å². The molecule has 1 amide bonds. The second kappa shape index (κ2) is 8.02. The van der Waals surface area contributed by atoms with Gasteiger partial charge >= 0.3 is 0 Å². The van der Waals surface area contributed by atoms with Crippen LogP contribution >= 0.6 is 11.6 Å². The minimum Gasteiger partial charge on any atom is -0.334 e. The lowest BCUT2D eigenvalue weighted by Gasteiger charge is -2.37. The number of carbonyl (C=O) groups is 1. The maximum Gasteiger partial charge on any atom is 0.224 e. The maximum atomic E-state index is 12.9. The third kappa shape index (κ3) is 4.22. The van der Waals surface area contributed by atoms with Gasteiger partial charge in [-0.25, -0.2) is 4.98 Å². The number of hydrogen-bond donors (Lipinski definition) is 1. The normalized spacial score (nSPS) is 17.9. The Balaban J connectivity index is 1.69. The van der Waals surface area contributed by atoms with Gasteiger partial charge in [-0.15, -0.1) is 0 Å². The van der Waals surface area contributed by atoms with E-state index in [1.54, 1.807) is 6.20 Å². The number of halogens is 1. The second-order valence-electron chi connectivity index (χ2n) is 6.75. The van der Waals surface area contributed by atoms with Crippen LogP contribution < -0.4 is 5.32 Å². The van der Waals surface area contributed by atoms with Crippen molar-refractivity contribution in [1.82, 2.24) is 19.8 Å². The van der Waals surface area contributed by atoms with Crippen molar-refractivity contribution in [3.8, 4) is 0 Å². The van der Waals surface area contributed by atoms with Crippen LogP contribution in [-0.2, 0) is 11.3 Å². The summed E-state index contributed by atoms with van der Waals surface area (Å²) in [4.78, 5) is 19.2. The molecule has 1 aliphatic heterocycles. The summed E-state index contributed by atoms with van der Waals surface area (Å²) in [6.07, 6.45) is 4.24. The molecule has 0 saturated carbocycles. The van der Waals surface area contributed by atoms with Gasteiger partial charge in [-0.2, -0.15) is 0 Å². The van der Waals surface area contributed by atoms with E-state index in [1.165, 1.54) is 0 Å². The number of hydrogen-bond acceptors (Lipinski definition) is 3. The van der Waals surface area contributed by atoms with E-state index in [1.807, 2.05) is 35.4 Å². The van der Waals surface area contributed by atoms with E-state index in [-0.39, 0.29) is 11.9 Å². The van der Waals surface area contributed by atoms with Gasteiger partial charge in [-0.3, -0.25) is 4.79 Å². The molecule has 1 atom stereocenters. The Morgan fingerprint density at radius 1 is 1.44 bits per heavy atom. The SMILES string of the molecule is CC(C)c1nccn1CCC(=O)N1CCNCC1c1cccc(Cl)c1. The molecule has 1 aromatic carbocycles. The van der Waals surface area contributed by atoms with E-state index < -0.39 is 0 Å². The van der Waals surface area contributed by atoms with Crippen LogP contribution in [-0.4, -0.2) is 40.0 Å². The van der Waals surface area contributed by atoms with E-state index in [9.17, 15) is 4.79 Å². The van der Waals surface area contributed by atoms with E-state index >= 15 is 0 Å². The summed E-state index contributed by atoms with van der Waals surface area (Å²) in [6, 6.07) is 7.82. The Morgan fingerprint density at radius 2 is 2.28 bits per heavy atom. The van der Waals surface area contributed by atoms with Crippen molar-refractivity contribution >= 4 is 17.5 Å². The molecule has 1 unspecified atom stereocenters. The van der Waals surface area contributed by atoms with E-state index in [2.05, 4.69) is 28.7 Å². The fourth-order valence-corrected chi connectivity index (χ4v) is 3.58. The van der Waals surface area contributed by atoms with Crippen molar-refractivity contribution in [2.75, 3.05) is 19.6 Å². The van der Waals surface area contributed by atoms with Crippen LogP contribution in [0.3, 0.4) is 0 Å². The topological polar surface area (TPSA) is 50.2 Å². The van der Waals surface area contributed by atoms with Gasteiger partial charge < -0.3 is 14.8 Å². The highest BCUT2D eigenvalue weighted by Crippen LogP contribution is 2.25. The predicted molar refractivity (Wildman–Crippen MR) is 99.7 cm³/mol. The van der Waals surface area contributed by atoms with Gasteiger partial charge in [0.2, 0.25) is 5.91 Å². The molecule has 5 nitrogen and oxygen atoms in total. The largest absolute Gasteiger partial charge is 0.334 e. The summed E-state index contributed by atoms with van der Waals surface area (Å²) in [5.41, 5.74) is 1.08. The first-order valence-corrected chi connectivity index (χ1v) is 9.20. The number of aryl methyl sites for hydroxylation is 1. The summed E-state index contributed by atoms with van der Waals surface area (Å²) in [5.74, 6) is 1.55. The van der Waals surface area contributed by atoms with Gasteiger partial charge in [0, 0.05) is 55.9 Å². The molecule has 1 saturated heterocycles. The first-order chi connectivity index (χ1) is 12.1. The highest BCUT2D eigenvalue weighted by Gasteiger charge is 2.27. The summed E-state index contributed by atoms with van der Waals surface area (Å²) >= 11 is 6.13. The molecule has 2 aromatic rings. The molecule has 2 heterocycles. The number of nitrogens with zero attached hydrogens (tertiary/aromatic N) is 3. The lowest BCUT2D eigenvalue weighted by molar-refractivity contribution is -0.134. The molecule has 1 aromatic heterocycles. The Labute approximate surface area is 154 Å². The summed E-state index contributed by atoms with van der Waals surface area (Å²) in [7, 11) is 0. The molecule has 1 aliphatic rings. The lowest BCUT2D eigenvalue weighted by Crippen LogP contribution is -2.48. The molecular weight excluding hydrogens is 336 g/mol. The summed E-state index contributed by atoms with van der Waals surface area (Å²) < 4.78 is 2.08. The molecule has 0 aliphatic carbocycles. The van der Waals surface area contributed by atoms with E-state index in [0.29, 0.717) is 23.9 Å². The number of carbonyl (C=O) groups excluding carboxylic acids is 1. The van der Waals surface area contributed by atoms with Gasteiger partial charge in [0.15, 0.2) is 0 Å². The Morgan fingerprint density at radius 3 is 3.04 bits per heavy atom. The highest BCUT2D eigenvalue weighted by molar-refractivity contribution is 6.30. The van der Waals surface area contributed by atoms with Gasteiger partial charge in [0.25, 0.3) is 0 Å². The molecule has 6 heteroatoms. The number of imidazole rings is 1. The number of rotatable bonds is 5. The Hall–Kier alpha value is -1.85. The molecule has 1 fully saturated rings. The van der Waals surface area contributed by atoms with Crippen molar-refractivity contribution in [1.29, 1.82) is 0 Å². The average molecular weight is 361 g/mol. The van der Waals surface area contributed by atoms with Crippen LogP contribution in [0, 0.1) is 0 Å². The van der Waals surface area contributed by atoms with Crippen molar-refractivity contribution in [3.05, 3.63) is 53.1 Å². The third-order valence-electron chi connectivity index (χ3n) is 4.63. The smallest absolute Gasteiger partial charge is 0.224 e. The van der Waals surface area contributed by atoms with Crippen molar-refractivity contribution in [2.24, 2.45) is 0 Å². The molecule has 0 spiro atoms. The quantitative estimate of drug-likeness (QED) is 0.890. The van der Waals surface area contributed by atoms with E-state index in [0.717, 1.165) is 31.0 Å². The minimum atomic E-state index is 0.0345. The van der Waals surface area contributed by atoms with E-state index in [4.69, 9.17) is 11.6 Å². The number of aromatic nitrogens is 2. The molecule has 0 radical (unpaired) electrons. The third-order valence-corrected chi connectivity index (χ3v) is 4.86. The van der Waals surface area contributed by atoms with Crippen molar-refractivity contribution < 1.29 is 4.79 Å². The first kappa shape index (κ1) is 18.0. The molecule has 134 valence electrons. The van der Waals surface area contributed by atoms with Crippen LogP contribution in [0.2, 0.25) is 5.02 Å². The number of benzene rings is 1. The zero-order chi connectivity index (χ0) is 17.8. The molecule has 1 N–H and O–H groups in total. The minimum absolute atomic E-state index is 0.0345. The van der Waals surface area contributed by atoms with Crippen molar-refractivity contribution in [3.63, 3.8) is 0 Å². The zero-order valence-electron chi connectivity index (χ0n) is 14.8. The highest BCUT2D eigenvalue weighted by atomic mass is 35.5.